The maximum absolute atomic E-state index is 6.34. The zero-order valence-electron chi connectivity index (χ0n) is 46.6. The van der Waals surface area contributed by atoms with Gasteiger partial charge in [0.05, 0.1) is 52.4 Å². The van der Waals surface area contributed by atoms with Crippen molar-refractivity contribution in [3.8, 4) is 0 Å². The smallest absolute Gasteiger partial charge is 0.0809 e. The van der Waals surface area contributed by atoms with Crippen LogP contribution < -0.4 is 0 Å². The molecule has 0 aliphatic heterocycles. The van der Waals surface area contributed by atoms with Crippen molar-refractivity contribution in [1.82, 2.24) is 0 Å². The summed E-state index contributed by atoms with van der Waals surface area (Å²) in [6.07, 6.45) is 68.5. The number of hydrogen-bond donors (Lipinski definition) is 0. The average Bonchev–Trinajstić information content (AvgIpc) is 3.34. The molecule has 0 aromatic rings. The Labute approximate surface area is 423 Å². The van der Waals surface area contributed by atoms with E-state index in [4.69, 9.17) is 23.7 Å². The Kier molecular flexibility index (Phi) is 63.6. The van der Waals surface area contributed by atoms with E-state index in [9.17, 15) is 0 Å². The van der Waals surface area contributed by atoms with E-state index >= 15 is 0 Å². The maximum Gasteiger partial charge on any atom is 0.0809 e. The maximum atomic E-state index is 6.34. The summed E-state index contributed by atoms with van der Waals surface area (Å²) in [5, 5.41) is 0. The minimum atomic E-state index is 0.147. The van der Waals surface area contributed by atoms with E-state index in [1.165, 1.54) is 308 Å². The Hall–Kier alpha value is -0.200. The van der Waals surface area contributed by atoms with Gasteiger partial charge in [0.2, 0.25) is 0 Å². The Morgan fingerprint density at radius 3 is 0.687 bits per heavy atom. The van der Waals surface area contributed by atoms with Gasteiger partial charge in [0.1, 0.15) is 0 Å². The molecule has 404 valence electrons. The zero-order valence-corrected chi connectivity index (χ0v) is 46.6. The summed E-state index contributed by atoms with van der Waals surface area (Å²) in [5.41, 5.74) is 0. The molecule has 0 aliphatic rings. The van der Waals surface area contributed by atoms with E-state index < -0.39 is 0 Å². The Balaban J connectivity index is 3.93. The fraction of sp³-hybridized carbons (Fsp3) is 1.00. The van der Waals surface area contributed by atoms with Crippen LogP contribution in [0.1, 0.15) is 335 Å². The Morgan fingerprint density at radius 2 is 0.403 bits per heavy atom. The van der Waals surface area contributed by atoms with Gasteiger partial charge in [-0.1, -0.05) is 316 Å². The SMILES string of the molecule is CCCCCCCCCCCCCCCCCCOCCOCCOCC(CCCCCCCCCCCCCCCCCC)OCCOCCCCCCCCCCCCCCCCCC. The van der Waals surface area contributed by atoms with Crippen molar-refractivity contribution in [3.63, 3.8) is 0 Å². The van der Waals surface area contributed by atoms with Gasteiger partial charge in [-0.15, -0.1) is 0 Å². The first-order valence-electron chi connectivity index (χ1n) is 31.3. The van der Waals surface area contributed by atoms with Crippen molar-refractivity contribution in [3.05, 3.63) is 0 Å². The van der Waals surface area contributed by atoms with Gasteiger partial charge in [-0.2, -0.15) is 0 Å². The van der Waals surface area contributed by atoms with Gasteiger partial charge in [0, 0.05) is 13.2 Å². The molecule has 1 atom stereocenters. The predicted molar refractivity (Wildman–Crippen MR) is 296 cm³/mol. The molecule has 0 saturated carbocycles. The highest BCUT2D eigenvalue weighted by atomic mass is 16.6. The lowest BCUT2D eigenvalue weighted by atomic mass is 10.0. The second-order valence-corrected chi connectivity index (χ2v) is 21.1. The molecule has 0 bridgehead atoms. The second-order valence-electron chi connectivity index (χ2n) is 21.1. The van der Waals surface area contributed by atoms with Gasteiger partial charge < -0.3 is 23.7 Å². The molecule has 0 N–H and O–H groups in total. The quantitative estimate of drug-likeness (QED) is 0.0569. The van der Waals surface area contributed by atoms with Crippen LogP contribution >= 0.6 is 0 Å². The van der Waals surface area contributed by atoms with Crippen molar-refractivity contribution < 1.29 is 23.7 Å². The molecule has 0 aromatic carbocycles. The van der Waals surface area contributed by atoms with Gasteiger partial charge >= 0.3 is 0 Å². The van der Waals surface area contributed by atoms with Gasteiger partial charge in [-0.05, 0) is 19.3 Å². The normalized spacial score (nSPS) is 12.2. The van der Waals surface area contributed by atoms with Gasteiger partial charge in [0.15, 0.2) is 0 Å². The van der Waals surface area contributed by atoms with Crippen molar-refractivity contribution >= 4 is 0 Å². The summed E-state index contributed by atoms with van der Waals surface area (Å²) < 4.78 is 30.1. The molecule has 1 unspecified atom stereocenters. The van der Waals surface area contributed by atoms with Crippen LogP contribution in [0.5, 0.6) is 0 Å². The van der Waals surface area contributed by atoms with E-state index in [0.717, 1.165) is 19.6 Å². The van der Waals surface area contributed by atoms with Crippen LogP contribution in [-0.2, 0) is 23.7 Å². The molecule has 0 aliphatic carbocycles. The number of rotatable bonds is 63. The first-order chi connectivity index (χ1) is 33.3. The highest BCUT2D eigenvalue weighted by molar-refractivity contribution is 4.60. The van der Waals surface area contributed by atoms with Crippen LogP contribution in [0.2, 0.25) is 0 Å². The fourth-order valence-electron chi connectivity index (χ4n) is 9.67. The monoisotopic (exact) mass is 951 g/mol. The van der Waals surface area contributed by atoms with Crippen LogP contribution in [0.25, 0.3) is 0 Å². The van der Waals surface area contributed by atoms with E-state index in [0.29, 0.717) is 46.2 Å². The first-order valence-corrected chi connectivity index (χ1v) is 31.3. The molecule has 67 heavy (non-hydrogen) atoms. The summed E-state index contributed by atoms with van der Waals surface area (Å²) >= 11 is 0. The zero-order chi connectivity index (χ0) is 48.1. The summed E-state index contributed by atoms with van der Waals surface area (Å²) in [7, 11) is 0. The van der Waals surface area contributed by atoms with Crippen LogP contribution in [0.15, 0.2) is 0 Å². The van der Waals surface area contributed by atoms with Crippen LogP contribution in [0.4, 0.5) is 0 Å². The minimum absolute atomic E-state index is 0.147. The number of ether oxygens (including phenoxy) is 5. The van der Waals surface area contributed by atoms with Gasteiger partial charge in [-0.25, -0.2) is 0 Å². The molecule has 0 spiro atoms. The van der Waals surface area contributed by atoms with Gasteiger partial charge in [0.25, 0.3) is 0 Å². The summed E-state index contributed by atoms with van der Waals surface area (Å²) in [4.78, 5) is 0. The molecule has 0 heterocycles. The minimum Gasteiger partial charge on any atom is -0.379 e. The van der Waals surface area contributed by atoms with Gasteiger partial charge in [-0.3, -0.25) is 0 Å². The largest absolute Gasteiger partial charge is 0.379 e. The molecule has 0 rings (SSSR count). The average molecular weight is 952 g/mol. The predicted octanol–water partition coefficient (Wildman–Crippen LogP) is 20.6. The highest BCUT2D eigenvalue weighted by Crippen LogP contribution is 2.18. The summed E-state index contributed by atoms with van der Waals surface area (Å²) in [6.45, 7) is 13.2. The highest BCUT2D eigenvalue weighted by Gasteiger charge is 2.10. The Bertz CT molecular complexity index is 824. The van der Waals surface area contributed by atoms with Crippen molar-refractivity contribution in [2.75, 3.05) is 59.5 Å². The van der Waals surface area contributed by atoms with E-state index in [-0.39, 0.29) is 6.10 Å². The molecule has 0 amide bonds. The molecule has 5 nitrogen and oxygen atoms in total. The third-order valence-corrected chi connectivity index (χ3v) is 14.3. The van der Waals surface area contributed by atoms with Crippen molar-refractivity contribution in [2.24, 2.45) is 0 Å². The third kappa shape index (κ3) is 61.9. The van der Waals surface area contributed by atoms with Crippen LogP contribution in [0.3, 0.4) is 0 Å². The van der Waals surface area contributed by atoms with E-state index in [2.05, 4.69) is 20.8 Å². The van der Waals surface area contributed by atoms with E-state index in [1.807, 2.05) is 0 Å². The molecule has 0 radical (unpaired) electrons. The van der Waals surface area contributed by atoms with Crippen LogP contribution in [-0.4, -0.2) is 65.6 Å². The van der Waals surface area contributed by atoms with Crippen molar-refractivity contribution in [1.29, 1.82) is 0 Å². The van der Waals surface area contributed by atoms with Crippen LogP contribution in [0, 0.1) is 0 Å². The summed E-state index contributed by atoms with van der Waals surface area (Å²) in [6, 6.07) is 0. The number of hydrogen-bond acceptors (Lipinski definition) is 5. The third-order valence-electron chi connectivity index (χ3n) is 14.3. The lowest BCUT2D eigenvalue weighted by Gasteiger charge is -2.18. The number of unbranched alkanes of at least 4 members (excludes halogenated alkanes) is 45. The lowest BCUT2D eigenvalue weighted by molar-refractivity contribution is -0.0535. The first kappa shape index (κ1) is 66.8. The molecule has 0 saturated heterocycles. The molecular weight excluding hydrogens is 825 g/mol. The molecule has 0 fully saturated rings. The molecule has 5 heteroatoms. The fourth-order valence-corrected chi connectivity index (χ4v) is 9.67. The Morgan fingerprint density at radius 1 is 0.194 bits per heavy atom. The van der Waals surface area contributed by atoms with Crippen molar-refractivity contribution in [2.45, 2.75) is 341 Å². The standard InChI is InChI=1S/C62H126O5/c1-4-7-10-13-16-19-22-25-28-31-34-37-40-43-46-49-52-62(67-60-59-64-54-51-48-45-42-39-36-33-30-27-24-21-18-15-12-9-6-3)61-66-58-57-65-56-55-63-53-50-47-44-41-38-35-32-29-26-23-20-17-14-11-8-5-2/h62H,4-61H2,1-3H3. The van der Waals surface area contributed by atoms with E-state index in [1.54, 1.807) is 0 Å². The molecular formula is C62H126O5. The second kappa shape index (κ2) is 63.8. The molecule has 0 aromatic heterocycles. The summed E-state index contributed by atoms with van der Waals surface area (Å²) in [5.74, 6) is 0. The lowest BCUT2D eigenvalue weighted by Crippen LogP contribution is -2.23. The topological polar surface area (TPSA) is 46.2 Å².